The molecule has 0 spiro atoms. The standard InChI is InChI=1S/C15H13N3O2S/c1-9-8-21-14(18-9)7-17-15(20)11-6-12-10(5-13(11)19)3-2-4-16-12/h2-6,8,19H,7H2,1H3,(H,17,20). The van der Waals surface area contributed by atoms with Gasteiger partial charge in [-0.1, -0.05) is 6.07 Å². The van der Waals surface area contributed by atoms with Crippen molar-refractivity contribution in [3.05, 3.63) is 52.1 Å². The first-order valence-corrected chi connectivity index (χ1v) is 7.28. The van der Waals surface area contributed by atoms with E-state index in [-0.39, 0.29) is 17.2 Å². The van der Waals surface area contributed by atoms with Crippen LogP contribution >= 0.6 is 11.3 Å². The highest BCUT2D eigenvalue weighted by Crippen LogP contribution is 2.23. The second kappa shape index (κ2) is 5.49. The molecule has 0 bridgehead atoms. The maximum atomic E-state index is 12.2. The van der Waals surface area contributed by atoms with Gasteiger partial charge in [0.15, 0.2) is 0 Å². The Hall–Kier alpha value is -2.47. The Kier molecular flexibility index (Phi) is 3.53. The van der Waals surface area contributed by atoms with Crippen molar-refractivity contribution in [1.82, 2.24) is 15.3 Å². The molecule has 106 valence electrons. The van der Waals surface area contributed by atoms with Crippen LogP contribution in [-0.2, 0) is 6.54 Å². The van der Waals surface area contributed by atoms with Gasteiger partial charge in [0.1, 0.15) is 10.8 Å². The molecule has 0 aliphatic rings. The highest BCUT2D eigenvalue weighted by molar-refractivity contribution is 7.09. The molecule has 21 heavy (non-hydrogen) atoms. The number of amides is 1. The van der Waals surface area contributed by atoms with Gasteiger partial charge < -0.3 is 10.4 Å². The third-order valence-electron chi connectivity index (χ3n) is 3.03. The molecule has 0 atom stereocenters. The van der Waals surface area contributed by atoms with Crippen LogP contribution in [0.15, 0.2) is 35.8 Å². The zero-order valence-corrected chi connectivity index (χ0v) is 12.1. The molecule has 2 N–H and O–H groups in total. The van der Waals surface area contributed by atoms with Gasteiger partial charge in [0, 0.05) is 22.7 Å². The first-order chi connectivity index (χ1) is 10.1. The lowest BCUT2D eigenvalue weighted by molar-refractivity contribution is 0.0948. The summed E-state index contributed by atoms with van der Waals surface area (Å²) in [6.07, 6.45) is 1.65. The first kappa shape index (κ1) is 13.5. The van der Waals surface area contributed by atoms with Gasteiger partial charge in [-0.3, -0.25) is 9.78 Å². The minimum Gasteiger partial charge on any atom is -0.507 e. The molecule has 6 heteroatoms. The molecule has 0 fully saturated rings. The van der Waals surface area contributed by atoms with Gasteiger partial charge in [-0.05, 0) is 25.1 Å². The van der Waals surface area contributed by atoms with E-state index >= 15 is 0 Å². The second-order valence-electron chi connectivity index (χ2n) is 4.63. The average Bonchev–Trinajstić information content (AvgIpc) is 2.89. The van der Waals surface area contributed by atoms with Crippen LogP contribution in [0.25, 0.3) is 10.9 Å². The number of aryl methyl sites for hydroxylation is 1. The Labute approximate surface area is 125 Å². The van der Waals surface area contributed by atoms with Crippen LogP contribution in [0.3, 0.4) is 0 Å². The molecule has 0 unspecified atom stereocenters. The lowest BCUT2D eigenvalue weighted by Gasteiger charge is -2.07. The fourth-order valence-corrected chi connectivity index (χ4v) is 2.74. The minimum absolute atomic E-state index is 0.0525. The predicted octanol–water partition coefficient (Wildman–Crippen LogP) is 2.64. The van der Waals surface area contributed by atoms with Crippen molar-refractivity contribution >= 4 is 28.1 Å². The highest BCUT2D eigenvalue weighted by Gasteiger charge is 2.13. The zero-order valence-electron chi connectivity index (χ0n) is 11.3. The van der Waals surface area contributed by atoms with Gasteiger partial charge in [0.25, 0.3) is 5.91 Å². The van der Waals surface area contributed by atoms with E-state index in [2.05, 4.69) is 15.3 Å². The quantitative estimate of drug-likeness (QED) is 0.779. The molecule has 0 aliphatic carbocycles. The maximum absolute atomic E-state index is 12.2. The number of aromatic nitrogens is 2. The summed E-state index contributed by atoms with van der Waals surface area (Å²) in [6.45, 7) is 2.25. The molecule has 2 aromatic heterocycles. The fraction of sp³-hybridized carbons (Fsp3) is 0.133. The Balaban J connectivity index is 1.82. The summed E-state index contributed by atoms with van der Waals surface area (Å²) in [5.74, 6) is -0.392. The molecule has 0 aliphatic heterocycles. The molecule has 5 nitrogen and oxygen atoms in total. The number of nitrogens with zero attached hydrogens (tertiary/aromatic N) is 2. The summed E-state index contributed by atoms with van der Waals surface area (Å²) in [5, 5.41) is 16.3. The monoisotopic (exact) mass is 299 g/mol. The van der Waals surface area contributed by atoms with Gasteiger partial charge >= 0.3 is 0 Å². The molecule has 3 aromatic rings. The number of carbonyl (C=O) groups is 1. The number of fused-ring (bicyclic) bond motifs is 1. The topological polar surface area (TPSA) is 75.1 Å². The van der Waals surface area contributed by atoms with Gasteiger partial charge in [-0.15, -0.1) is 11.3 Å². The summed E-state index contributed by atoms with van der Waals surface area (Å²) in [5.41, 5.74) is 1.82. The Bertz CT molecular complexity index is 814. The van der Waals surface area contributed by atoms with E-state index in [4.69, 9.17) is 0 Å². The SMILES string of the molecule is Cc1csc(CNC(=O)c2cc3ncccc3cc2O)n1. The van der Waals surface area contributed by atoms with E-state index in [0.717, 1.165) is 16.1 Å². The normalized spacial score (nSPS) is 10.7. The zero-order chi connectivity index (χ0) is 14.8. The number of phenolic OH excluding ortho intramolecular Hbond substituents is 1. The Morgan fingerprint density at radius 2 is 2.29 bits per heavy atom. The summed E-state index contributed by atoms with van der Waals surface area (Å²) >= 11 is 1.49. The molecule has 0 radical (unpaired) electrons. The lowest BCUT2D eigenvalue weighted by Crippen LogP contribution is -2.22. The largest absolute Gasteiger partial charge is 0.507 e. The molecule has 1 amide bonds. The summed E-state index contributed by atoms with van der Waals surface area (Å²) in [7, 11) is 0. The third kappa shape index (κ3) is 2.85. The van der Waals surface area contributed by atoms with Crippen LogP contribution in [0.1, 0.15) is 21.1 Å². The van der Waals surface area contributed by atoms with Crippen molar-refractivity contribution in [3.8, 4) is 5.75 Å². The van der Waals surface area contributed by atoms with Crippen molar-refractivity contribution in [3.63, 3.8) is 0 Å². The van der Waals surface area contributed by atoms with Gasteiger partial charge in [-0.25, -0.2) is 4.98 Å². The van der Waals surface area contributed by atoms with Crippen LogP contribution in [0, 0.1) is 6.92 Å². The van der Waals surface area contributed by atoms with Crippen molar-refractivity contribution in [2.45, 2.75) is 13.5 Å². The minimum atomic E-state index is -0.340. The highest BCUT2D eigenvalue weighted by atomic mass is 32.1. The number of thiazole rings is 1. The summed E-state index contributed by atoms with van der Waals surface area (Å²) in [6, 6.07) is 6.76. The van der Waals surface area contributed by atoms with E-state index in [1.54, 1.807) is 24.4 Å². The van der Waals surface area contributed by atoms with Gasteiger partial charge in [0.05, 0.1) is 17.6 Å². The number of benzene rings is 1. The molecule has 3 rings (SSSR count). The first-order valence-electron chi connectivity index (χ1n) is 6.40. The summed E-state index contributed by atoms with van der Waals surface area (Å²) in [4.78, 5) is 20.6. The second-order valence-corrected chi connectivity index (χ2v) is 5.57. The number of rotatable bonds is 3. The van der Waals surface area contributed by atoms with Crippen molar-refractivity contribution in [1.29, 1.82) is 0 Å². The number of pyridine rings is 1. The number of carbonyl (C=O) groups excluding carboxylic acids is 1. The summed E-state index contributed by atoms with van der Waals surface area (Å²) < 4.78 is 0. The molecule has 0 saturated carbocycles. The fourth-order valence-electron chi connectivity index (χ4n) is 2.03. The van der Waals surface area contributed by atoms with Crippen molar-refractivity contribution < 1.29 is 9.90 Å². The smallest absolute Gasteiger partial charge is 0.255 e. The van der Waals surface area contributed by atoms with E-state index in [9.17, 15) is 9.90 Å². The van der Waals surface area contributed by atoms with Crippen LogP contribution in [0.5, 0.6) is 5.75 Å². The number of aromatic hydroxyl groups is 1. The number of hydrogen-bond acceptors (Lipinski definition) is 5. The van der Waals surface area contributed by atoms with Crippen LogP contribution in [-0.4, -0.2) is 21.0 Å². The molecular formula is C15H13N3O2S. The van der Waals surface area contributed by atoms with Gasteiger partial charge in [-0.2, -0.15) is 0 Å². The van der Waals surface area contributed by atoms with E-state index in [1.165, 1.54) is 11.3 Å². The van der Waals surface area contributed by atoms with Crippen LogP contribution in [0.2, 0.25) is 0 Å². The number of phenols is 1. The van der Waals surface area contributed by atoms with Crippen LogP contribution < -0.4 is 5.32 Å². The van der Waals surface area contributed by atoms with Crippen LogP contribution in [0.4, 0.5) is 0 Å². The van der Waals surface area contributed by atoms with E-state index in [0.29, 0.717) is 12.1 Å². The molecule has 1 aromatic carbocycles. The molecule has 2 heterocycles. The van der Waals surface area contributed by atoms with Crippen molar-refractivity contribution in [2.75, 3.05) is 0 Å². The predicted molar refractivity (Wildman–Crippen MR) is 81.4 cm³/mol. The number of hydrogen-bond donors (Lipinski definition) is 2. The third-order valence-corrected chi connectivity index (χ3v) is 4.00. The van der Waals surface area contributed by atoms with Crippen molar-refractivity contribution in [2.24, 2.45) is 0 Å². The molecule has 0 saturated heterocycles. The Morgan fingerprint density at radius 3 is 3.05 bits per heavy atom. The Morgan fingerprint density at radius 1 is 1.43 bits per heavy atom. The van der Waals surface area contributed by atoms with E-state index in [1.807, 2.05) is 18.4 Å². The van der Waals surface area contributed by atoms with E-state index < -0.39 is 0 Å². The number of nitrogens with one attached hydrogen (secondary N) is 1. The average molecular weight is 299 g/mol. The molecular weight excluding hydrogens is 286 g/mol. The maximum Gasteiger partial charge on any atom is 0.255 e. The van der Waals surface area contributed by atoms with Gasteiger partial charge in [0.2, 0.25) is 0 Å². The lowest BCUT2D eigenvalue weighted by atomic mass is 10.1.